The van der Waals surface area contributed by atoms with Gasteiger partial charge in [-0.1, -0.05) is 65.5 Å². The molecule has 0 aromatic carbocycles. The molecular formula is C64H112N4O27. The molecule has 2 amide bonds. The van der Waals surface area contributed by atoms with Gasteiger partial charge in [-0.2, -0.15) is 0 Å². The Kier molecular flexibility index (Phi) is 30.9. The van der Waals surface area contributed by atoms with Crippen LogP contribution in [0, 0.1) is 46.3 Å². The maximum absolute atomic E-state index is 13.4. The summed E-state index contributed by atoms with van der Waals surface area (Å²) in [6.45, 7) is 7.59. The lowest BCUT2D eigenvalue weighted by atomic mass is 9.47. The van der Waals surface area contributed by atoms with Crippen molar-refractivity contribution in [3.8, 4) is 0 Å². The molecule has 0 spiro atoms. The number of esters is 2. The van der Waals surface area contributed by atoms with Crippen LogP contribution in [0.5, 0.6) is 0 Å². The molecule has 95 heavy (non-hydrogen) atoms. The van der Waals surface area contributed by atoms with Gasteiger partial charge in [-0.3, -0.25) is 19.2 Å². The van der Waals surface area contributed by atoms with Gasteiger partial charge in [0, 0.05) is 19.5 Å². The molecule has 6 aliphatic rings. The Morgan fingerprint density at radius 2 is 1.29 bits per heavy atom. The van der Waals surface area contributed by atoms with Crippen molar-refractivity contribution in [2.45, 2.75) is 247 Å². The average molecular weight is 1370 g/mol. The maximum Gasteiger partial charge on any atom is 0.307 e. The van der Waals surface area contributed by atoms with Gasteiger partial charge in [-0.05, 0) is 118 Å². The number of nitrogens with one attached hydrogen (secondary N) is 3. The maximum atomic E-state index is 13.4. The van der Waals surface area contributed by atoms with Crippen molar-refractivity contribution >= 4 is 23.8 Å². The Labute approximate surface area is 554 Å². The van der Waals surface area contributed by atoms with Crippen LogP contribution < -0.4 is 16.0 Å². The lowest BCUT2D eigenvalue weighted by molar-refractivity contribution is -0.396. The van der Waals surface area contributed by atoms with Crippen molar-refractivity contribution in [2.75, 3.05) is 72.7 Å². The highest BCUT2D eigenvalue weighted by atomic mass is 16.7. The molecule has 0 aromatic rings. The number of carbonyl (C=O) groups is 4. The first-order chi connectivity index (χ1) is 44.8. The molecule has 3 saturated carbocycles. The van der Waals surface area contributed by atoms with Crippen LogP contribution in [0.3, 0.4) is 0 Å². The molecular weight excluding hydrogens is 1260 g/mol. The van der Waals surface area contributed by atoms with Crippen LogP contribution in [0.4, 0.5) is 0 Å². The molecule has 26 atom stereocenters. The Morgan fingerprint density at radius 3 is 1.87 bits per heavy atom. The zero-order valence-corrected chi connectivity index (χ0v) is 55.6. The zero-order chi connectivity index (χ0) is 70.4. The minimum absolute atomic E-state index is 0.0391. The van der Waals surface area contributed by atoms with Gasteiger partial charge >= 0.3 is 11.9 Å². The fourth-order valence-electron chi connectivity index (χ4n) is 15.6. The Balaban J connectivity index is 0.980. The quantitative estimate of drug-likeness (QED) is 0.0119. The topological polar surface area (TPSA) is 507 Å². The molecule has 2 heterocycles. The molecule has 0 bridgehead atoms. The largest absolute Gasteiger partial charge is 0.462 e. The zero-order valence-electron chi connectivity index (χ0n) is 55.6. The standard InChI is InChI=1S/C64H112N4O27/c1-32(2)9-7-10-33(3)38-13-14-39-37-12-11-34-25-35(15-19-62(34,4)40(37)16-20-63(38,39)5)90-46(76)18-24-68(6)23-8-21-65-22-17-45(75)91-36(26-66-58(86)51(81)49(79)55(41(73)28-69)94-60-53(83)48(78)47(77)43(30-71)92-60)27-67-59(87)52(82)50(80)56(42(74)29-70)95-61-54(84)57(85)64(88,89)44(31-72)93-61/h11,32-33,35-44,47-57,60-61,65,69-74,77-85,88-89H,7-10,12-31H2,1-6H3,(H,66,86)(H,67,87)/t33-,35?,36?,37+,38-,39+,40+,41?,42?,43?,44?,47+,48+,49?,50?,51?,52?,53?,54?,55?,56?,57-,60+,61+,62+,63-/m1/s1. The van der Waals surface area contributed by atoms with E-state index < -0.39 is 173 Å². The average Bonchev–Trinajstić information content (AvgIpc) is 1.68. The van der Waals surface area contributed by atoms with Gasteiger partial charge in [0.2, 0.25) is 5.79 Å². The number of rotatable bonds is 37. The van der Waals surface area contributed by atoms with E-state index in [1.807, 2.05) is 11.9 Å². The highest BCUT2D eigenvalue weighted by Gasteiger charge is 2.60. The van der Waals surface area contributed by atoms with Crippen LogP contribution in [0.15, 0.2) is 11.6 Å². The molecule has 31 nitrogen and oxygen atoms in total. The molecule has 6 rings (SSSR count). The van der Waals surface area contributed by atoms with E-state index >= 15 is 0 Å². The minimum Gasteiger partial charge on any atom is -0.462 e. The van der Waals surface area contributed by atoms with E-state index in [0.717, 1.165) is 49.4 Å². The van der Waals surface area contributed by atoms with Crippen molar-refractivity contribution in [1.29, 1.82) is 0 Å². The number of aliphatic hydroxyl groups excluding tert-OH is 15. The van der Waals surface area contributed by atoms with Crippen LogP contribution in [0.2, 0.25) is 0 Å². The number of amides is 2. The van der Waals surface area contributed by atoms with Gasteiger partial charge in [0.05, 0.1) is 52.4 Å². The number of hydrogen-bond acceptors (Lipinski definition) is 29. The number of fused-ring (bicyclic) bond motifs is 5. The number of carbonyl (C=O) groups excluding carboxylic acids is 4. The van der Waals surface area contributed by atoms with Gasteiger partial charge in [-0.15, -0.1) is 0 Å². The van der Waals surface area contributed by atoms with Crippen LogP contribution in [0.1, 0.15) is 125 Å². The SMILES string of the molecule is CC(C)CCC[C@@H](C)[C@H]1CC[C@H]2[C@@H]3CC=C4CC(OC(=O)CCN(C)CCCNCCC(=O)OC(CNC(=O)C(O)C(O)C(O[C@@H]5OC(CO)[C@H](O)[C@H](O)C5O)C(O)CO)CNC(=O)C(O)C(O)C(O[C@@H]5OC(CO)C(O)(O)[C@H](O)C5O)C(O)CO)CC[C@]4(C)[C@H]3CC[C@]12C. The predicted molar refractivity (Wildman–Crippen MR) is 332 cm³/mol. The van der Waals surface area contributed by atoms with Crippen molar-refractivity contribution in [3.63, 3.8) is 0 Å². The molecule has 20 N–H and O–H groups in total. The number of allylic oxidation sites excluding steroid dienone is 1. The summed E-state index contributed by atoms with van der Waals surface area (Å²) in [5.41, 5.74) is 2.00. The van der Waals surface area contributed by atoms with Gasteiger partial charge in [-0.25, -0.2) is 0 Å². The van der Waals surface area contributed by atoms with Gasteiger partial charge in [0.25, 0.3) is 11.8 Å². The third kappa shape index (κ3) is 20.0. The van der Waals surface area contributed by atoms with Crippen molar-refractivity contribution < 1.29 is 134 Å². The normalized spacial score (nSPS) is 34.6. The third-order valence-corrected chi connectivity index (χ3v) is 21.4. The highest BCUT2D eigenvalue weighted by Crippen LogP contribution is 2.67. The summed E-state index contributed by atoms with van der Waals surface area (Å²) in [5, 5.41) is 183. The highest BCUT2D eigenvalue weighted by molar-refractivity contribution is 5.82. The van der Waals surface area contributed by atoms with Gasteiger partial charge < -0.3 is 136 Å². The molecule has 2 saturated heterocycles. The van der Waals surface area contributed by atoms with Crippen LogP contribution in [0.25, 0.3) is 0 Å². The molecule has 14 unspecified atom stereocenters. The van der Waals surface area contributed by atoms with E-state index in [9.17, 15) is 106 Å². The summed E-state index contributed by atoms with van der Waals surface area (Å²) in [6.07, 6.45) is -23.5. The number of nitrogens with zero attached hydrogens (tertiary/aromatic N) is 1. The molecule has 4 aliphatic carbocycles. The molecule has 5 fully saturated rings. The van der Waals surface area contributed by atoms with Crippen molar-refractivity contribution in [3.05, 3.63) is 11.6 Å². The monoisotopic (exact) mass is 1370 g/mol. The molecule has 0 radical (unpaired) electrons. The Morgan fingerprint density at radius 1 is 0.684 bits per heavy atom. The second-order valence-corrected chi connectivity index (χ2v) is 28.3. The second-order valence-electron chi connectivity index (χ2n) is 28.3. The van der Waals surface area contributed by atoms with E-state index in [2.05, 4.69) is 56.6 Å². The first kappa shape index (κ1) is 80.7. The van der Waals surface area contributed by atoms with Crippen LogP contribution >= 0.6 is 0 Å². The smallest absolute Gasteiger partial charge is 0.307 e. The van der Waals surface area contributed by atoms with Gasteiger partial charge in [0.15, 0.2) is 24.8 Å². The van der Waals surface area contributed by atoms with Gasteiger partial charge in [0.1, 0.15) is 91.6 Å². The summed E-state index contributed by atoms with van der Waals surface area (Å²) in [6, 6.07) is 0. The first-order valence-corrected chi connectivity index (χ1v) is 33.8. The molecule has 550 valence electrons. The molecule has 0 aromatic heterocycles. The van der Waals surface area contributed by atoms with E-state index in [1.165, 1.54) is 50.5 Å². The second kappa shape index (κ2) is 36.3. The minimum atomic E-state index is -3.24. The van der Waals surface area contributed by atoms with Crippen LogP contribution in [-0.4, -0.2) is 310 Å². The molecule has 31 heteroatoms. The number of hydrogen-bond donors (Lipinski definition) is 20. The Bertz CT molecular complexity index is 2430. The van der Waals surface area contributed by atoms with Crippen LogP contribution in [-0.2, 0) is 47.6 Å². The summed E-state index contributed by atoms with van der Waals surface area (Å²) >= 11 is 0. The number of ether oxygens (including phenoxy) is 6. The Hall–Kier alpha value is -3.30. The fourth-order valence-corrected chi connectivity index (χ4v) is 15.6. The van der Waals surface area contributed by atoms with Crippen molar-refractivity contribution in [2.24, 2.45) is 46.3 Å². The lowest BCUT2D eigenvalue weighted by Gasteiger charge is -2.58. The van der Waals surface area contributed by atoms with Crippen molar-refractivity contribution in [1.82, 2.24) is 20.9 Å². The molecule has 2 aliphatic heterocycles. The van der Waals surface area contributed by atoms with E-state index in [4.69, 9.17) is 28.4 Å². The fraction of sp³-hybridized carbons (Fsp3) is 0.906. The van der Waals surface area contributed by atoms with E-state index in [0.29, 0.717) is 43.3 Å². The number of aliphatic hydroxyl groups is 17. The first-order valence-electron chi connectivity index (χ1n) is 33.8. The predicted octanol–water partition coefficient (Wildman–Crippen LogP) is -5.38. The summed E-state index contributed by atoms with van der Waals surface area (Å²) in [7, 11) is 1.88. The summed E-state index contributed by atoms with van der Waals surface area (Å²) in [5.74, 6) is -2.95. The lowest BCUT2D eigenvalue weighted by Crippen LogP contribution is -2.68. The van der Waals surface area contributed by atoms with E-state index in [-0.39, 0.29) is 36.9 Å². The van der Waals surface area contributed by atoms with E-state index in [1.54, 1.807) is 0 Å². The summed E-state index contributed by atoms with van der Waals surface area (Å²) < 4.78 is 32.6. The summed E-state index contributed by atoms with van der Waals surface area (Å²) in [4.78, 5) is 55.3. The third-order valence-electron chi connectivity index (χ3n) is 21.4.